The minimum atomic E-state index is -0.590. The van der Waals surface area contributed by atoms with Gasteiger partial charge < -0.3 is 19.5 Å². The van der Waals surface area contributed by atoms with Crippen LogP contribution in [0.15, 0.2) is 24.3 Å². The lowest BCUT2D eigenvalue weighted by molar-refractivity contribution is -0.119. The lowest BCUT2D eigenvalue weighted by Gasteiger charge is -2.11. The number of carbonyl (C=O) groups is 2. The molecule has 4 rings (SSSR count). The third-order valence-electron chi connectivity index (χ3n) is 5.67. The van der Waals surface area contributed by atoms with E-state index in [-0.39, 0.29) is 6.10 Å². The van der Waals surface area contributed by atoms with E-state index in [4.69, 9.17) is 14.2 Å². The van der Waals surface area contributed by atoms with E-state index < -0.39 is 18.5 Å². The Hall–Kier alpha value is -2.89. The molecule has 1 aliphatic heterocycles. The van der Waals surface area contributed by atoms with Crippen LogP contribution in [0, 0.1) is 11.3 Å². The molecule has 7 nitrogen and oxygen atoms in total. The molecule has 1 unspecified atom stereocenters. The van der Waals surface area contributed by atoms with Gasteiger partial charge in [-0.15, -0.1) is 11.3 Å². The molecule has 1 amide bonds. The number of thiophene rings is 1. The van der Waals surface area contributed by atoms with Gasteiger partial charge in [-0.3, -0.25) is 4.79 Å². The van der Waals surface area contributed by atoms with E-state index in [1.807, 2.05) is 0 Å². The van der Waals surface area contributed by atoms with Crippen molar-refractivity contribution >= 4 is 28.2 Å². The zero-order valence-corrected chi connectivity index (χ0v) is 18.7. The summed E-state index contributed by atoms with van der Waals surface area (Å²) in [6, 6.07) is 8.84. The fourth-order valence-electron chi connectivity index (χ4n) is 3.98. The summed E-state index contributed by atoms with van der Waals surface area (Å²) in [7, 11) is 0. The number of hydrogen-bond donors (Lipinski definition) is 1. The van der Waals surface area contributed by atoms with Crippen LogP contribution in [0.25, 0.3) is 0 Å². The maximum absolute atomic E-state index is 12.3. The van der Waals surface area contributed by atoms with Crippen molar-refractivity contribution in [3.63, 3.8) is 0 Å². The first-order valence-corrected chi connectivity index (χ1v) is 11.8. The summed E-state index contributed by atoms with van der Waals surface area (Å²) < 4.78 is 16.4. The molecule has 0 bridgehead atoms. The Morgan fingerprint density at radius 3 is 2.72 bits per heavy atom. The molecule has 1 saturated heterocycles. The van der Waals surface area contributed by atoms with Crippen LogP contribution in [0.2, 0.25) is 0 Å². The third kappa shape index (κ3) is 5.47. The van der Waals surface area contributed by atoms with Gasteiger partial charge in [-0.05, 0) is 68.4 Å². The van der Waals surface area contributed by atoms with E-state index in [0.29, 0.717) is 28.5 Å². The van der Waals surface area contributed by atoms with Crippen molar-refractivity contribution in [3.05, 3.63) is 45.8 Å². The normalized spacial score (nSPS) is 17.7. The quantitative estimate of drug-likeness (QED) is 0.496. The SMILES string of the molecule is N#Cc1c(NC(=O)COC(=O)c2ccc(OCC3CCCO3)cc2)sc2c1CCCCC2. The number of amides is 1. The molecule has 2 aromatic rings. The molecule has 0 spiro atoms. The Balaban J connectivity index is 1.27. The molecular formula is C24H26N2O5S. The predicted molar refractivity (Wildman–Crippen MR) is 120 cm³/mol. The molecule has 1 aromatic carbocycles. The monoisotopic (exact) mass is 454 g/mol. The summed E-state index contributed by atoms with van der Waals surface area (Å²) in [4.78, 5) is 25.8. The average molecular weight is 455 g/mol. The number of ether oxygens (including phenoxy) is 3. The van der Waals surface area contributed by atoms with Gasteiger partial charge in [0.25, 0.3) is 5.91 Å². The Kier molecular flexibility index (Phi) is 7.40. The van der Waals surface area contributed by atoms with Gasteiger partial charge in [0, 0.05) is 11.5 Å². The lowest BCUT2D eigenvalue weighted by atomic mass is 10.1. The minimum absolute atomic E-state index is 0.123. The number of benzene rings is 1. The number of nitrogens with zero attached hydrogens (tertiary/aromatic N) is 1. The van der Waals surface area contributed by atoms with Crippen LogP contribution < -0.4 is 10.1 Å². The molecule has 2 aliphatic rings. The first-order valence-electron chi connectivity index (χ1n) is 11.0. The summed E-state index contributed by atoms with van der Waals surface area (Å²) in [5, 5.41) is 12.9. The van der Waals surface area contributed by atoms with Crippen molar-refractivity contribution in [2.24, 2.45) is 0 Å². The highest BCUT2D eigenvalue weighted by Crippen LogP contribution is 2.36. The molecule has 1 N–H and O–H groups in total. The highest BCUT2D eigenvalue weighted by molar-refractivity contribution is 7.16. The predicted octanol–water partition coefficient (Wildman–Crippen LogP) is 4.24. The van der Waals surface area contributed by atoms with Gasteiger partial charge in [0.1, 0.15) is 23.4 Å². The topological polar surface area (TPSA) is 97.7 Å². The van der Waals surface area contributed by atoms with Crippen LogP contribution in [0.4, 0.5) is 5.00 Å². The highest BCUT2D eigenvalue weighted by Gasteiger charge is 2.21. The average Bonchev–Trinajstić information content (AvgIpc) is 3.38. The van der Waals surface area contributed by atoms with E-state index in [0.717, 1.165) is 57.1 Å². The van der Waals surface area contributed by atoms with Gasteiger partial charge in [0.05, 0.1) is 17.2 Å². The maximum atomic E-state index is 12.3. The van der Waals surface area contributed by atoms with Crippen molar-refractivity contribution in [2.45, 2.75) is 51.0 Å². The van der Waals surface area contributed by atoms with Crippen molar-refractivity contribution < 1.29 is 23.8 Å². The number of rotatable bonds is 7. The Morgan fingerprint density at radius 1 is 1.16 bits per heavy atom. The Morgan fingerprint density at radius 2 is 1.97 bits per heavy atom. The van der Waals surface area contributed by atoms with Crippen molar-refractivity contribution in [3.8, 4) is 11.8 Å². The van der Waals surface area contributed by atoms with Crippen LogP contribution in [0.1, 0.15) is 58.5 Å². The van der Waals surface area contributed by atoms with E-state index in [9.17, 15) is 14.9 Å². The zero-order valence-electron chi connectivity index (χ0n) is 17.9. The molecule has 32 heavy (non-hydrogen) atoms. The van der Waals surface area contributed by atoms with Crippen molar-refractivity contribution in [2.75, 3.05) is 25.1 Å². The van der Waals surface area contributed by atoms with Crippen molar-refractivity contribution in [1.29, 1.82) is 5.26 Å². The summed E-state index contributed by atoms with van der Waals surface area (Å²) in [5.74, 6) is -0.396. The number of nitriles is 1. The standard InChI is InChI=1S/C24H26N2O5S/c25-13-20-19-6-2-1-3-7-21(19)32-23(20)26-22(27)15-31-24(28)16-8-10-17(11-9-16)30-14-18-5-4-12-29-18/h8-11,18H,1-7,12,14-15H2,(H,26,27). The molecule has 1 aliphatic carbocycles. The first-order chi connectivity index (χ1) is 15.6. The lowest BCUT2D eigenvalue weighted by Crippen LogP contribution is -2.21. The fourth-order valence-corrected chi connectivity index (χ4v) is 5.23. The Labute approximate surface area is 191 Å². The molecule has 1 fully saturated rings. The number of aryl methyl sites for hydroxylation is 1. The van der Waals surface area contributed by atoms with Gasteiger partial charge in [0.15, 0.2) is 6.61 Å². The molecule has 8 heteroatoms. The number of nitrogens with one attached hydrogen (secondary N) is 1. The molecule has 168 valence electrons. The number of esters is 1. The van der Waals surface area contributed by atoms with Crippen LogP contribution in [0.3, 0.4) is 0 Å². The summed E-state index contributed by atoms with van der Waals surface area (Å²) in [6.45, 7) is 0.851. The van der Waals surface area contributed by atoms with Gasteiger partial charge >= 0.3 is 5.97 Å². The zero-order chi connectivity index (χ0) is 22.3. The van der Waals surface area contributed by atoms with Gasteiger partial charge in [-0.1, -0.05) is 6.42 Å². The Bertz CT molecular complexity index is 1000. The molecule has 1 atom stereocenters. The molecule has 1 aromatic heterocycles. The van der Waals surface area contributed by atoms with Crippen molar-refractivity contribution in [1.82, 2.24) is 0 Å². The van der Waals surface area contributed by atoms with Crippen LogP contribution >= 0.6 is 11.3 Å². The summed E-state index contributed by atoms with van der Waals surface area (Å²) in [5.41, 5.74) is 1.94. The largest absolute Gasteiger partial charge is 0.491 e. The van der Waals surface area contributed by atoms with Crippen LogP contribution in [-0.4, -0.2) is 37.8 Å². The van der Waals surface area contributed by atoms with Crippen LogP contribution in [-0.2, 0) is 27.1 Å². The number of carbonyl (C=O) groups excluding carboxylic acids is 2. The summed E-state index contributed by atoms with van der Waals surface area (Å²) >= 11 is 1.46. The molecular weight excluding hydrogens is 428 g/mol. The highest BCUT2D eigenvalue weighted by atomic mass is 32.1. The fraction of sp³-hybridized carbons (Fsp3) is 0.458. The number of fused-ring (bicyclic) bond motifs is 1. The second-order valence-electron chi connectivity index (χ2n) is 7.98. The van der Waals surface area contributed by atoms with E-state index in [1.54, 1.807) is 24.3 Å². The van der Waals surface area contributed by atoms with Gasteiger partial charge in [-0.2, -0.15) is 5.26 Å². The molecule has 0 saturated carbocycles. The third-order valence-corrected chi connectivity index (χ3v) is 6.88. The van der Waals surface area contributed by atoms with Gasteiger partial charge in [0.2, 0.25) is 0 Å². The summed E-state index contributed by atoms with van der Waals surface area (Å²) in [6.07, 6.45) is 7.29. The first kappa shape index (κ1) is 22.3. The van der Waals surface area contributed by atoms with Crippen LogP contribution in [0.5, 0.6) is 5.75 Å². The van der Waals surface area contributed by atoms with E-state index >= 15 is 0 Å². The van der Waals surface area contributed by atoms with E-state index in [1.165, 1.54) is 16.2 Å². The smallest absolute Gasteiger partial charge is 0.338 e. The molecule has 0 radical (unpaired) electrons. The van der Waals surface area contributed by atoms with E-state index in [2.05, 4.69) is 11.4 Å². The number of anilines is 1. The van der Waals surface area contributed by atoms with Gasteiger partial charge in [-0.25, -0.2) is 4.79 Å². The second-order valence-corrected chi connectivity index (χ2v) is 9.08. The number of hydrogen-bond acceptors (Lipinski definition) is 7. The minimum Gasteiger partial charge on any atom is -0.491 e. The maximum Gasteiger partial charge on any atom is 0.338 e. The molecule has 2 heterocycles. The second kappa shape index (κ2) is 10.6.